The molecule has 1 aliphatic heterocycles. The summed E-state index contributed by atoms with van der Waals surface area (Å²) in [5, 5.41) is 17.8. The summed E-state index contributed by atoms with van der Waals surface area (Å²) in [5.74, 6) is -0.507. The van der Waals surface area contributed by atoms with E-state index < -0.39 is 16.5 Å². The summed E-state index contributed by atoms with van der Waals surface area (Å²) in [4.78, 5) is 8.31. The van der Waals surface area contributed by atoms with Gasteiger partial charge in [-0.15, -0.1) is 0 Å². The number of aliphatic hydroxyl groups excluding tert-OH is 1. The first-order valence-electron chi connectivity index (χ1n) is 7.65. The number of nitro groups is 1. The number of rotatable bonds is 4. The predicted octanol–water partition coefficient (Wildman–Crippen LogP) is 2.77. The molecule has 0 radical (unpaired) electrons. The van der Waals surface area contributed by atoms with Crippen molar-refractivity contribution in [1.29, 1.82) is 0 Å². The molecular formula is C16H26FNO6. The van der Waals surface area contributed by atoms with Crippen LogP contribution in [0.2, 0.25) is 0 Å². The van der Waals surface area contributed by atoms with Crippen LogP contribution in [-0.4, -0.2) is 42.2 Å². The van der Waals surface area contributed by atoms with Gasteiger partial charge in [-0.25, -0.2) is 4.39 Å². The van der Waals surface area contributed by atoms with Gasteiger partial charge in [-0.3, -0.25) is 10.1 Å². The maximum absolute atomic E-state index is 13.2. The van der Waals surface area contributed by atoms with Crippen LogP contribution >= 0.6 is 0 Å². The first-order valence-corrected chi connectivity index (χ1v) is 7.65. The van der Waals surface area contributed by atoms with Crippen LogP contribution in [0.5, 0.6) is 5.75 Å². The van der Waals surface area contributed by atoms with Crippen molar-refractivity contribution < 1.29 is 28.6 Å². The van der Waals surface area contributed by atoms with E-state index >= 15 is 0 Å². The molecule has 1 fully saturated rings. The highest BCUT2D eigenvalue weighted by Crippen LogP contribution is 2.23. The minimum absolute atomic E-state index is 0.136. The van der Waals surface area contributed by atoms with E-state index in [1.807, 2.05) is 27.7 Å². The van der Waals surface area contributed by atoms with Gasteiger partial charge in [0.25, 0.3) is 0 Å². The molecule has 1 aromatic carbocycles. The van der Waals surface area contributed by atoms with Crippen molar-refractivity contribution in [3.05, 3.63) is 39.7 Å². The summed E-state index contributed by atoms with van der Waals surface area (Å²) in [6.45, 7) is 8.14. The standard InChI is InChI=1S/C13H17FO4.C2H6.CH3NO2/c1-13(2)17-8-11(18-13)7-16-10-3-4-12(14)9(5-10)6-15;1-2;1-2(3)4/h3-5,11,15H,6-8H2,1-2H3;1-2H3;1H3. The lowest BCUT2D eigenvalue weighted by atomic mass is 10.2. The molecule has 1 N–H and O–H groups in total. The lowest BCUT2D eigenvalue weighted by Crippen LogP contribution is -2.25. The van der Waals surface area contributed by atoms with Crippen LogP contribution < -0.4 is 4.74 Å². The summed E-state index contributed by atoms with van der Waals surface area (Å²) < 4.78 is 29.6. The second-order valence-corrected chi connectivity index (χ2v) is 5.11. The molecule has 0 amide bonds. The molecule has 2 rings (SSSR count). The summed E-state index contributed by atoms with van der Waals surface area (Å²) in [6.07, 6.45) is -0.136. The van der Waals surface area contributed by atoms with Crippen molar-refractivity contribution in [2.45, 2.75) is 46.2 Å². The first kappa shape index (κ1) is 22.2. The molecule has 138 valence electrons. The third-order valence-electron chi connectivity index (χ3n) is 2.69. The van der Waals surface area contributed by atoms with Crippen molar-refractivity contribution in [3.8, 4) is 5.75 Å². The van der Waals surface area contributed by atoms with Gasteiger partial charge in [0, 0.05) is 10.5 Å². The molecule has 24 heavy (non-hydrogen) atoms. The summed E-state index contributed by atoms with van der Waals surface area (Å²) in [5.41, 5.74) is 0.219. The van der Waals surface area contributed by atoms with Crippen molar-refractivity contribution in [3.63, 3.8) is 0 Å². The van der Waals surface area contributed by atoms with Crippen LogP contribution in [-0.2, 0) is 16.1 Å². The van der Waals surface area contributed by atoms with E-state index in [9.17, 15) is 4.39 Å². The highest BCUT2D eigenvalue weighted by atomic mass is 19.1. The fraction of sp³-hybridized carbons (Fsp3) is 0.625. The number of ether oxygens (including phenoxy) is 3. The molecular weight excluding hydrogens is 321 g/mol. The average Bonchev–Trinajstić information content (AvgIpc) is 2.87. The van der Waals surface area contributed by atoms with E-state index in [2.05, 4.69) is 0 Å². The van der Waals surface area contributed by atoms with E-state index in [0.29, 0.717) is 19.0 Å². The summed E-state index contributed by atoms with van der Waals surface area (Å²) in [6, 6.07) is 4.28. The molecule has 1 atom stereocenters. The van der Waals surface area contributed by atoms with Crippen molar-refractivity contribution >= 4 is 0 Å². The Morgan fingerprint density at radius 1 is 1.46 bits per heavy atom. The van der Waals surface area contributed by atoms with Crippen LogP contribution in [0.15, 0.2) is 18.2 Å². The lowest BCUT2D eigenvalue weighted by molar-refractivity contribution is -0.445. The maximum Gasteiger partial charge on any atom is 0.194 e. The predicted molar refractivity (Wildman–Crippen MR) is 87.0 cm³/mol. The number of benzene rings is 1. The average molecular weight is 347 g/mol. The Morgan fingerprint density at radius 3 is 2.50 bits per heavy atom. The number of hydrogen-bond donors (Lipinski definition) is 1. The Balaban J connectivity index is 0.000000773. The summed E-state index contributed by atoms with van der Waals surface area (Å²) >= 11 is 0. The topological polar surface area (TPSA) is 91.1 Å². The molecule has 0 aliphatic carbocycles. The van der Waals surface area contributed by atoms with Gasteiger partial charge in [0.15, 0.2) is 12.8 Å². The van der Waals surface area contributed by atoms with E-state index in [1.54, 1.807) is 0 Å². The van der Waals surface area contributed by atoms with Gasteiger partial charge in [-0.1, -0.05) is 13.8 Å². The van der Waals surface area contributed by atoms with Crippen LogP contribution in [0.4, 0.5) is 4.39 Å². The van der Waals surface area contributed by atoms with Gasteiger partial charge in [0.1, 0.15) is 24.3 Å². The summed E-state index contributed by atoms with van der Waals surface area (Å²) in [7, 11) is 0.889. The minimum Gasteiger partial charge on any atom is -0.491 e. The molecule has 1 heterocycles. The number of hydrogen-bond acceptors (Lipinski definition) is 6. The van der Waals surface area contributed by atoms with Crippen LogP contribution in [0.25, 0.3) is 0 Å². The Morgan fingerprint density at radius 2 is 2.04 bits per heavy atom. The Hall–Kier alpha value is -1.77. The number of halogens is 1. The minimum atomic E-state index is -0.576. The molecule has 1 unspecified atom stereocenters. The van der Waals surface area contributed by atoms with Crippen molar-refractivity contribution in [2.24, 2.45) is 0 Å². The molecule has 0 aromatic heterocycles. The smallest absolute Gasteiger partial charge is 0.194 e. The molecule has 0 bridgehead atoms. The van der Waals surface area contributed by atoms with E-state index in [0.717, 1.165) is 7.05 Å². The largest absolute Gasteiger partial charge is 0.491 e. The van der Waals surface area contributed by atoms with Gasteiger partial charge in [0.05, 0.1) is 13.2 Å². The Bertz CT molecular complexity index is 505. The second-order valence-electron chi connectivity index (χ2n) is 5.11. The lowest BCUT2D eigenvalue weighted by Gasteiger charge is -2.17. The highest BCUT2D eigenvalue weighted by Gasteiger charge is 2.32. The zero-order chi connectivity index (χ0) is 18.8. The normalized spacial score (nSPS) is 17.9. The van der Waals surface area contributed by atoms with E-state index in [4.69, 9.17) is 29.4 Å². The Labute approximate surface area is 141 Å². The zero-order valence-electron chi connectivity index (χ0n) is 14.7. The van der Waals surface area contributed by atoms with Crippen LogP contribution in [0.1, 0.15) is 33.3 Å². The fourth-order valence-electron chi connectivity index (χ4n) is 1.80. The maximum atomic E-state index is 13.2. The second kappa shape index (κ2) is 10.9. The third kappa shape index (κ3) is 8.76. The molecule has 0 saturated carbocycles. The molecule has 1 saturated heterocycles. The number of nitrogens with zero attached hydrogens (tertiary/aromatic N) is 1. The molecule has 0 spiro atoms. The van der Waals surface area contributed by atoms with Crippen molar-refractivity contribution in [1.82, 2.24) is 0 Å². The molecule has 1 aliphatic rings. The monoisotopic (exact) mass is 347 g/mol. The third-order valence-corrected chi connectivity index (χ3v) is 2.69. The van der Waals surface area contributed by atoms with Gasteiger partial charge >= 0.3 is 0 Å². The molecule has 8 heteroatoms. The van der Waals surface area contributed by atoms with Crippen LogP contribution in [0, 0.1) is 15.9 Å². The van der Waals surface area contributed by atoms with E-state index in [1.165, 1.54) is 18.2 Å². The highest BCUT2D eigenvalue weighted by molar-refractivity contribution is 5.29. The van der Waals surface area contributed by atoms with Gasteiger partial charge in [-0.2, -0.15) is 0 Å². The SMILES string of the molecule is CC.CC1(C)OCC(COc2ccc(F)c(CO)c2)O1.C[N+](=O)[O-]. The van der Waals surface area contributed by atoms with Gasteiger partial charge in [-0.05, 0) is 32.0 Å². The first-order chi connectivity index (χ1) is 11.2. The van der Waals surface area contributed by atoms with Gasteiger partial charge in [0.2, 0.25) is 0 Å². The van der Waals surface area contributed by atoms with Gasteiger partial charge < -0.3 is 19.3 Å². The molecule has 1 aromatic rings. The Kier molecular flexibility index (Phi) is 10.1. The van der Waals surface area contributed by atoms with Crippen molar-refractivity contribution in [2.75, 3.05) is 20.3 Å². The number of aliphatic hydroxyl groups is 1. The zero-order valence-corrected chi connectivity index (χ0v) is 14.7. The van der Waals surface area contributed by atoms with Crippen LogP contribution in [0.3, 0.4) is 0 Å². The van der Waals surface area contributed by atoms with E-state index in [-0.39, 0.29) is 18.3 Å². The fourth-order valence-corrected chi connectivity index (χ4v) is 1.80. The quantitative estimate of drug-likeness (QED) is 0.665. The molecule has 7 nitrogen and oxygen atoms in total.